The number of aromatic nitrogens is 3. The van der Waals surface area contributed by atoms with Gasteiger partial charge in [0.25, 0.3) is 0 Å². The minimum Gasteiger partial charge on any atom is -0.341 e. The largest absolute Gasteiger partial charge is 0.341 e. The molecule has 2 heterocycles. The third kappa shape index (κ3) is 1.85. The average molecular weight is 314 g/mol. The van der Waals surface area contributed by atoms with Gasteiger partial charge in [0.05, 0.1) is 14.9 Å². The van der Waals surface area contributed by atoms with Crippen LogP contribution in [0.3, 0.4) is 0 Å². The molecular formula is C10H8BrN3S2. The summed E-state index contributed by atoms with van der Waals surface area (Å²) in [5, 5.41) is 0. The summed E-state index contributed by atoms with van der Waals surface area (Å²) in [6.45, 7) is 0. The van der Waals surface area contributed by atoms with Crippen LogP contribution in [-0.2, 0) is 0 Å². The predicted octanol–water partition coefficient (Wildman–Crippen LogP) is 3.90. The molecule has 0 unspecified atom stereocenters. The van der Waals surface area contributed by atoms with Gasteiger partial charge in [-0.05, 0) is 28.8 Å². The fourth-order valence-corrected chi connectivity index (χ4v) is 2.86. The molecule has 16 heavy (non-hydrogen) atoms. The zero-order chi connectivity index (χ0) is 11.1. The molecule has 0 spiro atoms. The highest BCUT2D eigenvalue weighted by atomic mass is 79.9. The van der Waals surface area contributed by atoms with Crippen LogP contribution < -0.4 is 0 Å². The smallest absolute Gasteiger partial charge is 0.150 e. The van der Waals surface area contributed by atoms with Crippen LogP contribution in [-0.4, -0.2) is 15.0 Å². The first kappa shape index (κ1) is 10.6. The van der Waals surface area contributed by atoms with Gasteiger partial charge in [-0.15, -0.1) is 11.3 Å². The zero-order valence-electron chi connectivity index (χ0n) is 8.24. The van der Waals surface area contributed by atoms with Gasteiger partial charge in [0.15, 0.2) is 5.82 Å². The molecule has 0 amide bonds. The number of H-pyrrole nitrogens is 1. The number of aromatic amines is 1. The van der Waals surface area contributed by atoms with E-state index in [2.05, 4.69) is 30.9 Å². The van der Waals surface area contributed by atoms with E-state index in [9.17, 15) is 0 Å². The standard InChI is InChI=1S/C10H8BrN3S2/c11-7-8(5-1-2-5)13-9(14-10(7)15)6-3-12-4-16-6/h3-5H,1-2H2,(H,13,14,15). The van der Waals surface area contributed by atoms with Gasteiger partial charge in [0.2, 0.25) is 0 Å². The molecule has 3 nitrogen and oxygen atoms in total. The van der Waals surface area contributed by atoms with E-state index < -0.39 is 0 Å². The van der Waals surface area contributed by atoms with Crippen molar-refractivity contribution in [2.45, 2.75) is 18.8 Å². The van der Waals surface area contributed by atoms with Crippen LogP contribution in [0.5, 0.6) is 0 Å². The van der Waals surface area contributed by atoms with Crippen molar-refractivity contribution in [3.8, 4) is 10.7 Å². The van der Waals surface area contributed by atoms with Gasteiger partial charge < -0.3 is 4.98 Å². The molecule has 1 aliphatic rings. The Hall–Kier alpha value is -0.590. The number of hydrogen-bond donors (Lipinski definition) is 1. The Bertz CT molecular complexity index is 572. The van der Waals surface area contributed by atoms with Gasteiger partial charge in [-0.25, -0.2) is 4.98 Å². The van der Waals surface area contributed by atoms with E-state index in [4.69, 9.17) is 12.2 Å². The molecule has 6 heteroatoms. The molecule has 82 valence electrons. The Morgan fingerprint density at radius 1 is 1.50 bits per heavy atom. The minimum atomic E-state index is 0.616. The lowest BCUT2D eigenvalue weighted by Gasteiger charge is -2.05. The maximum Gasteiger partial charge on any atom is 0.150 e. The van der Waals surface area contributed by atoms with E-state index in [0.717, 1.165) is 15.2 Å². The van der Waals surface area contributed by atoms with E-state index in [-0.39, 0.29) is 0 Å². The van der Waals surface area contributed by atoms with Crippen molar-refractivity contribution in [3.63, 3.8) is 0 Å². The summed E-state index contributed by atoms with van der Waals surface area (Å²) in [5.41, 5.74) is 2.98. The summed E-state index contributed by atoms with van der Waals surface area (Å²) in [7, 11) is 0. The molecule has 1 fully saturated rings. The normalized spacial score (nSPS) is 15.3. The maximum atomic E-state index is 5.26. The van der Waals surface area contributed by atoms with E-state index in [1.165, 1.54) is 18.5 Å². The van der Waals surface area contributed by atoms with Gasteiger partial charge in [-0.3, -0.25) is 4.98 Å². The van der Waals surface area contributed by atoms with Crippen LogP contribution in [0.2, 0.25) is 0 Å². The second-order valence-electron chi connectivity index (χ2n) is 3.76. The molecule has 0 aliphatic heterocycles. The topological polar surface area (TPSA) is 41.6 Å². The number of rotatable bonds is 2. The maximum absolute atomic E-state index is 5.26. The Morgan fingerprint density at radius 2 is 2.31 bits per heavy atom. The highest BCUT2D eigenvalue weighted by Gasteiger charge is 2.27. The molecule has 2 aromatic rings. The molecule has 1 saturated carbocycles. The summed E-state index contributed by atoms with van der Waals surface area (Å²) in [5.74, 6) is 1.45. The van der Waals surface area contributed by atoms with E-state index in [0.29, 0.717) is 10.6 Å². The third-order valence-corrected chi connectivity index (χ3v) is 4.68. The van der Waals surface area contributed by atoms with Crippen molar-refractivity contribution < 1.29 is 0 Å². The van der Waals surface area contributed by atoms with E-state index in [1.807, 2.05) is 6.20 Å². The zero-order valence-corrected chi connectivity index (χ0v) is 11.5. The lowest BCUT2D eigenvalue weighted by Crippen LogP contribution is -1.96. The van der Waals surface area contributed by atoms with Gasteiger partial charge in [-0.2, -0.15) is 0 Å². The minimum absolute atomic E-state index is 0.616. The molecular weight excluding hydrogens is 306 g/mol. The summed E-state index contributed by atoms with van der Waals surface area (Å²) in [4.78, 5) is 12.8. The number of nitrogens with zero attached hydrogens (tertiary/aromatic N) is 2. The fourth-order valence-electron chi connectivity index (χ4n) is 1.58. The number of thiazole rings is 1. The molecule has 0 bridgehead atoms. The molecule has 0 aromatic carbocycles. The van der Waals surface area contributed by atoms with Crippen molar-refractivity contribution in [1.82, 2.24) is 15.0 Å². The van der Waals surface area contributed by atoms with Crippen molar-refractivity contribution in [3.05, 3.63) is 26.5 Å². The molecule has 3 rings (SSSR count). The third-order valence-electron chi connectivity index (χ3n) is 2.54. The Kier molecular flexibility index (Phi) is 2.65. The van der Waals surface area contributed by atoms with Crippen molar-refractivity contribution >= 4 is 39.5 Å². The quantitative estimate of drug-likeness (QED) is 0.855. The van der Waals surface area contributed by atoms with Crippen LogP contribution in [0, 0.1) is 4.64 Å². The monoisotopic (exact) mass is 313 g/mol. The van der Waals surface area contributed by atoms with Crippen LogP contribution in [0.4, 0.5) is 0 Å². The summed E-state index contributed by atoms with van der Waals surface area (Å²) >= 11 is 10.3. The van der Waals surface area contributed by atoms with Gasteiger partial charge in [0.1, 0.15) is 4.64 Å². The first-order chi connectivity index (χ1) is 7.75. The Labute approximate surface area is 110 Å². The number of halogens is 1. The molecule has 0 saturated heterocycles. The molecule has 0 atom stereocenters. The Balaban J connectivity index is 2.17. The van der Waals surface area contributed by atoms with Crippen molar-refractivity contribution in [2.75, 3.05) is 0 Å². The van der Waals surface area contributed by atoms with Crippen LogP contribution in [0.25, 0.3) is 10.7 Å². The van der Waals surface area contributed by atoms with Crippen LogP contribution in [0.15, 0.2) is 16.2 Å². The van der Waals surface area contributed by atoms with Gasteiger partial charge >= 0.3 is 0 Å². The van der Waals surface area contributed by atoms with E-state index >= 15 is 0 Å². The second kappa shape index (κ2) is 4.01. The van der Waals surface area contributed by atoms with Crippen molar-refractivity contribution in [2.24, 2.45) is 0 Å². The highest BCUT2D eigenvalue weighted by Crippen LogP contribution is 2.42. The summed E-state index contributed by atoms with van der Waals surface area (Å²) in [6, 6.07) is 0. The second-order valence-corrected chi connectivity index (χ2v) is 5.82. The average Bonchev–Trinajstić information content (AvgIpc) is 2.96. The van der Waals surface area contributed by atoms with E-state index in [1.54, 1.807) is 16.8 Å². The lowest BCUT2D eigenvalue weighted by atomic mass is 10.3. The molecule has 2 aromatic heterocycles. The molecule has 1 aliphatic carbocycles. The highest BCUT2D eigenvalue weighted by molar-refractivity contribution is 9.10. The van der Waals surface area contributed by atoms with Crippen LogP contribution in [0.1, 0.15) is 24.5 Å². The van der Waals surface area contributed by atoms with Gasteiger partial charge in [0, 0.05) is 17.8 Å². The SMILES string of the molecule is S=c1nc(-c2cncs2)[nH]c(C2CC2)c1Br. The number of nitrogens with one attached hydrogen (secondary N) is 1. The fraction of sp³-hybridized carbons (Fsp3) is 0.300. The predicted molar refractivity (Wildman–Crippen MR) is 70.2 cm³/mol. The summed E-state index contributed by atoms with van der Waals surface area (Å²) < 4.78 is 1.57. The first-order valence-electron chi connectivity index (χ1n) is 4.94. The lowest BCUT2D eigenvalue weighted by molar-refractivity contribution is 0.974. The summed E-state index contributed by atoms with van der Waals surface area (Å²) in [6.07, 6.45) is 4.27. The number of hydrogen-bond acceptors (Lipinski definition) is 4. The van der Waals surface area contributed by atoms with Crippen LogP contribution >= 0.6 is 39.5 Å². The van der Waals surface area contributed by atoms with Crippen molar-refractivity contribution in [1.29, 1.82) is 0 Å². The Morgan fingerprint density at radius 3 is 2.94 bits per heavy atom. The first-order valence-corrected chi connectivity index (χ1v) is 7.02. The molecule has 1 N–H and O–H groups in total. The van der Waals surface area contributed by atoms with Gasteiger partial charge in [-0.1, -0.05) is 12.2 Å². The molecule has 0 radical (unpaired) electrons.